The van der Waals surface area contributed by atoms with Crippen LogP contribution in [0.25, 0.3) is 10.9 Å². The summed E-state index contributed by atoms with van der Waals surface area (Å²) >= 11 is 0. The van der Waals surface area contributed by atoms with E-state index in [1.807, 2.05) is 18.2 Å². The molecule has 0 bridgehead atoms. The molecule has 1 aromatic carbocycles. The van der Waals surface area contributed by atoms with E-state index >= 15 is 0 Å². The number of nitrogens with two attached hydrogens (primary N) is 1. The average molecular weight is 199 g/mol. The lowest BCUT2D eigenvalue weighted by Crippen LogP contribution is -2.35. The van der Waals surface area contributed by atoms with Crippen molar-refractivity contribution in [3.8, 4) is 0 Å². The van der Waals surface area contributed by atoms with Crippen LogP contribution in [0.4, 0.5) is 0 Å². The third-order valence-corrected chi connectivity index (χ3v) is 3.11. The highest BCUT2D eigenvalue weighted by Gasteiger charge is 2.28. The van der Waals surface area contributed by atoms with Gasteiger partial charge in [-0.2, -0.15) is 10.2 Å². The van der Waals surface area contributed by atoms with Crippen molar-refractivity contribution in [2.24, 2.45) is 5.73 Å². The fourth-order valence-corrected chi connectivity index (χ4v) is 2.10. The van der Waals surface area contributed by atoms with Crippen LogP contribution in [0, 0.1) is 0 Å². The van der Waals surface area contributed by atoms with E-state index in [1.165, 1.54) is 5.39 Å². The monoisotopic (exact) mass is 199 g/mol. The first kappa shape index (κ1) is 8.80. The van der Waals surface area contributed by atoms with Crippen LogP contribution in [-0.4, -0.2) is 16.2 Å². The molecule has 1 aliphatic rings. The van der Waals surface area contributed by atoms with Crippen molar-refractivity contribution >= 4 is 10.9 Å². The van der Waals surface area contributed by atoms with Crippen LogP contribution >= 0.6 is 0 Å². The molecule has 15 heavy (non-hydrogen) atoms. The summed E-state index contributed by atoms with van der Waals surface area (Å²) in [5, 5.41) is 9.65. The first-order valence-corrected chi connectivity index (χ1v) is 5.31. The lowest BCUT2D eigenvalue weighted by Gasteiger charge is -2.31. The molecular formula is C12H13N3. The highest BCUT2D eigenvalue weighted by molar-refractivity contribution is 5.78. The molecule has 3 rings (SSSR count). The van der Waals surface area contributed by atoms with Gasteiger partial charge in [-0.25, -0.2) is 0 Å². The Morgan fingerprint density at radius 3 is 2.73 bits per heavy atom. The van der Waals surface area contributed by atoms with Gasteiger partial charge in [0, 0.05) is 17.3 Å². The fourth-order valence-electron chi connectivity index (χ4n) is 2.10. The molecule has 1 aliphatic carbocycles. The topological polar surface area (TPSA) is 51.8 Å². The number of aromatic nitrogens is 2. The van der Waals surface area contributed by atoms with Gasteiger partial charge in [-0.05, 0) is 25.0 Å². The van der Waals surface area contributed by atoms with E-state index in [0.717, 1.165) is 24.1 Å². The second kappa shape index (κ2) is 3.28. The lowest BCUT2D eigenvalue weighted by molar-refractivity contribution is 0.344. The van der Waals surface area contributed by atoms with Gasteiger partial charge in [-0.3, -0.25) is 0 Å². The van der Waals surface area contributed by atoms with Gasteiger partial charge >= 0.3 is 0 Å². The zero-order chi connectivity index (χ0) is 10.3. The molecule has 0 unspecified atom stereocenters. The maximum Gasteiger partial charge on any atom is 0.0929 e. The van der Waals surface area contributed by atoms with Crippen LogP contribution in [0.2, 0.25) is 0 Å². The van der Waals surface area contributed by atoms with Gasteiger partial charge in [0.15, 0.2) is 0 Å². The van der Waals surface area contributed by atoms with E-state index in [9.17, 15) is 0 Å². The molecule has 76 valence electrons. The first-order valence-electron chi connectivity index (χ1n) is 5.31. The standard InChI is InChI=1S/C12H13N3/c13-10-5-9(6-10)12-7-8-3-1-2-4-11(8)14-15-12/h1-4,7,9-10H,5-6,13H2. The van der Waals surface area contributed by atoms with E-state index in [0.29, 0.717) is 12.0 Å². The molecular weight excluding hydrogens is 186 g/mol. The van der Waals surface area contributed by atoms with Crippen LogP contribution in [0.3, 0.4) is 0 Å². The SMILES string of the molecule is NC1CC(c2cc3ccccc3nn2)C1. The maximum atomic E-state index is 5.77. The molecule has 0 radical (unpaired) electrons. The van der Waals surface area contributed by atoms with Crippen molar-refractivity contribution < 1.29 is 0 Å². The number of benzene rings is 1. The second-order valence-electron chi connectivity index (χ2n) is 4.26. The van der Waals surface area contributed by atoms with Gasteiger partial charge in [0.05, 0.1) is 11.2 Å². The van der Waals surface area contributed by atoms with Gasteiger partial charge in [-0.15, -0.1) is 0 Å². The summed E-state index contributed by atoms with van der Waals surface area (Å²) in [6.07, 6.45) is 2.10. The lowest BCUT2D eigenvalue weighted by atomic mass is 9.78. The fraction of sp³-hybridized carbons (Fsp3) is 0.333. The molecule has 2 N–H and O–H groups in total. The van der Waals surface area contributed by atoms with E-state index in [1.54, 1.807) is 0 Å². The Morgan fingerprint density at radius 1 is 1.13 bits per heavy atom. The molecule has 0 aliphatic heterocycles. The third-order valence-electron chi connectivity index (χ3n) is 3.11. The zero-order valence-electron chi connectivity index (χ0n) is 8.43. The van der Waals surface area contributed by atoms with E-state index in [-0.39, 0.29) is 0 Å². The Hall–Kier alpha value is -1.48. The molecule has 3 heteroatoms. The van der Waals surface area contributed by atoms with E-state index < -0.39 is 0 Å². The molecule has 0 spiro atoms. The van der Waals surface area contributed by atoms with Crippen LogP contribution in [-0.2, 0) is 0 Å². The van der Waals surface area contributed by atoms with Crippen LogP contribution in [0.15, 0.2) is 30.3 Å². The first-order chi connectivity index (χ1) is 7.33. The minimum Gasteiger partial charge on any atom is -0.328 e. The van der Waals surface area contributed by atoms with Crippen molar-refractivity contribution in [2.75, 3.05) is 0 Å². The Kier molecular flexibility index (Phi) is 1.92. The Bertz CT molecular complexity index is 489. The predicted octanol–water partition coefficient (Wildman–Crippen LogP) is 1.83. The quantitative estimate of drug-likeness (QED) is 0.762. The van der Waals surface area contributed by atoms with Gasteiger partial charge in [0.25, 0.3) is 0 Å². The number of hydrogen-bond donors (Lipinski definition) is 1. The summed E-state index contributed by atoms with van der Waals surface area (Å²) in [6.45, 7) is 0. The Morgan fingerprint density at radius 2 is 1.93 bits per heavy atom. The summed E-state index contributed by atoms with van der Waals surface area (Å²) in [4.78, 5) is 0. The highest BCUT2D eigenvalue weighted by atomic mass is 15.1. The Balaban J connectivity index is 1.99. The second-order valence-corrected chi connectivity index (χ2v) is 4.26. The van der Waals surface area contributed by atoms with E-state index in [4.69, 9.17) is 5.73 Å². The molecule has 0 amide bonds. The minimum atomic E-state index is 0.364. The van der Waals surface area contributed by atoms with Gasteiger partial charge in [0.1, 0.15) is 0 Å². The molecule has 1 saturated carbocycles. The molecule has 0 saturated heterocycles. The van der Waals surface area contributed by atoms with Crippen molar-refractivity contribution in [1.82, 2.24) is 10.2 Å². The maximum absolute atomic E-state index is 5.77. The number of nitrogens with zero attached hydrogens (tertiary/aromatic N) is 2. The number of fused-ring (bicyclic) bond motifs is 1. The summed E-state index contributed by atoms with van der Waals surface area (Å²) in [5.74, 6) is 0.525. The molecule has 1 aromatic heterocycles. The van der Waals surface area contributed by atoms with Gasteiger partial charge in [0.2, 0.25) is 0 Å². The summed E-state index contributed by atoms with van der Waals surface area (Å²) in [6, 6.07) is 10.6. The normalized spacial score (nSPS) is 25.1. The molecule has 0 atom stereocenters. The van der Waals surface area contributed by atoms with Crippen LogP contribution in [0.1, 0.15) is 24.5 Å². The number of rotatable bonds is 1. The molecule has 1 fully saturated rings. The van der Waals surface area contributed by atoms with Crippen LogP contribution < -0.4 is 5.73 Å². The smallest absolute Gasteiger partial charge is 0.0929 e. The molecule has 2 aromatic rings. The van der Waals surface area contributed by atoms with Crippen LogP contribution in [0.5, 0.6) is 0 Å². The van der Waals surface area contributed by atoms with Crippen molar-refractivity contribution in [2.45, 2.75) is 24.8 Å². The number of hydrogen-bond acceptors (Lipinski definition) is 3. The zero-order valence-corrected chi connectivity index (χ0v) is 8.43. The third kappa shape index (κ3) is 1.49. The summed E-state index contributed by atoms with van der Waals surface area (Å²) in [5.41, 5.74) is 7.83. The summed E-state index contributed by atoms with van der Waals surface area (Å²) < 4.78 is 0. The van der Waals surface area contributed by atoms with Gasteiger partial charge < -0.3 is 5.73 Å². The van der Waals surface area contributed by atoms with Crippen molar-refractivity contribution in [1.29, 1.82) is 0 Å². The average Bonchev–Trinajstić information content (AvgIpc) is 2.24. The Labute approximate surface area is 88.3 Å². The van der Waals surface area contributed by atoms with Crippen molar-refractivity contribution in [3.05, 3.63) is 36.0 Å². The van der Waals surface area contributed by atoms with Crippen molar-refractivity contribution in [3.63, 3.8) is 0 Å². The largest absolute Gasteiger partial charge is 0.328 e. The minimum absolute atomic E-state index is 0.364. The van der Waals surface area contributed by atoms with E-state index in [2.05, 4.69) is 22.3 Å². The molecule has 3 nitrogen and oxygen atoms in total. The van der Waals surface area contributed by atoms with Gasteiger partial charge in [-0.1, -0.05) is 18.2 Å². The summed E-state index contributed by atoms with van der Waals surface area (Å²) in [7, 11) is 0. The molecule has 1 heterocycles. The highest BCUT2D eigenvalue weighted by Crippen LogP contribution is 2.34. The predicted molar refractivity (Wildman–Crippen MR) is 59.5 cm³/mol.